The minimum Gasteiger partial charge on any atom is -0.456 e. The summed E-state index contributed by atoms with van der Waals surface area (Å²) in [5.41, 5.74) is 7.29. The van der Waals surface area contributed by atoms with Gasteiger partial charge in [-0.05, 0) is 29.8 Å². The Kier molecular flexibility index (Phi) is 3.93. The molecule has 0 aliphatic heterocycles. The molecule has 0 unspecified atom stereocenters. The molecule has 3 rings (SSSR count). The predicted molar refractivity (Wildman–Crippen MR) is 82.7 cm³/mol. The Hall–Kier alpha value is -2.95. The van der Waals surface area contributed by atoms with Gasteiger partial charge in [-0.2, -0.15) is 0 Å². The molecule has 0 atom stereocenters. The Morgan fingerprint density at radius 1 is 0.739 bits per heavy atom. The maximum absolute atomic E-state index is 13.4. The lowest BCUT2D eigenvalue weighted by Crippen LogP contribution is -1.93. The third-order valence-electron chi connectivity index (χ3n) is 3.21. The largest absolute Gasteiger partial charge is 0.456 e. The molecular formula is C18H12F3NO. The van der Waals surface area contributed by atoms with E-state index in [-0.39, 0.29) is 11.5 Å². The van der Waals surface area contributed by atoms with E-state index in [0.717, 1.165) is 18.2 Å². The first-order chi connectivity index (χ1) is 11.0. The number of nitrogens with two attached hydrogens (primary N) is 1. The summed E-state index contributed by atoms with van der Waals surface area (Å²) in [4.78, 5) is 0. The van der Waals surface area contributed by atoms with Crippen LogP contribution in [0.4, 0.5) is 18.9 Å². The molecule has 0 fully saturated rings. The summed E-state index contributed by atoms with van der Waals surface area (Å²) in [5, 5.41) is 0. The maximum atomic E-state index is 13.4. The van der Waals surface area contributed by atoms with Crippen molar-refractivity contribution in [3.05, 3.63) is 78.1 Å². The summed E-state index contributed by atoms with van der Waals surface area (Å²) in [7, 11) is 0. The number of benzene rings is 3. The fraction of sp³-hybridized carbons (Fsp3) is 0. The Labute approximate surface area is 130 Å². The fourth-order valence-corrected chi connectivity index (χ4v) is 2.23. The van der Waals surface area contributed by atoms with E-state index < -0.39 is 17.5 Å². The van der Waals surface area contributed by atoms with E-state index in [0.29, 0.717) is 16.8 Å². The van der Waals surface area contributed by atoms with Crippen LogP contribution in [0.2, 0.25) is 0 Å². The Morgan fingerprint density at radius 2 is 1.48 bits per heavy atom. The van der Waals surface area contributed by atoms with Gasteiger partial charge in [-0.1, -0.05) is 12.1 Å². The van der Waals surface area contributed by atoms with Crippen molar-refractivity contribution in [1.29, 1.82) is 0 Å². The Bertz CT molecular complexity index is 844. The second-order valence-corrected chi connectivity index (χ2v) is 4.97. The van der Waals surface area contributed by atoms with E-state index >= 15 is 0 Å². The number of nitrogen functional groups attached to an aromatic ring is 1. The maximum Gasteiger partial charge on any atom is 0.137 e. The molecule has 0 saturated carbocycles. The van der Waals surface area contributed by atoms with Gasteiger partial charge in [0, 0.05) is 35.5 Å². The van der Waals surface area contributed by atoms with Gasteiger partial charge in [0.05, 0.1) is 0 Å². The van der Waals surface area contributed by atoms with E-state index in [1.54, 1.807) is 24.3 Å². The van der Waals surface area contributed by atoms with Crippen LogP contribution in [0.3, 0.4) is 0 Å². The first kappa shape index (κ1) is 15.0. The third kappa shape index (κ3) is 3.45. The summed E-state index contributed by atoms with van der Waals surface area (Å²) < 4.78 is 45.6. The van der Waals surface area contributed by atoms with Crippen molar-refractivity contribution in [1.82, 2.24) is 0 Å². The van der Waals surface area contributed by atoms with E-state index in [1.165, 1.54) is 18.2 Å². The molecule has 3 aromatic carbocycles. The summed E-state index contributed by atoms with van der Waals surface area (Å²) in [6.45, 7) is 0. The lowest BCUT2D eigenvalue weighted by atomic mass is 10.0. The number of rotatable bonds is 3. The molecule has 0 radical (unpaired) electrons. The zero-order chi connectivity index (χ0) is 16.4. The van der Waals surface area contributed by atoms with E-state index in [9.17, 15) is 13.2 Å². The van der Waals surface area contributed by atoms with Gasteiger partial charge in [0.25, 0.3) is 0 Å². The molecule has 116 valence electrons. The van der Waals surface area contributed by atoms with Crippen LogP contribution in [0, 0.1) is 17.5 Å². The van der Waals surface area contributed by atoms with Crippen molar-refractivity contribution >= 4 is 5.69 Å². The topological polar surface area (TPSA) is 35.2 Å². The summed E-state index contributed by atoms with van der Waals surface area (Å²) in [6, 6.07) is 13.6. The minimum atomic E-state index is -0.754. The number of ether oxygens (including phenoxy) is 1. The molecule has 0 saturated heterocycles. The van der Waals surface area contributed by atoms with Crippen molar-refractivity contribution in [2.45, 2.75) is 0 Å². The van der Waals surface area contributed by atoms with Gasteiger partial charge in [-0.3, -0.25) is 0 Å². The number of halogens is 3. The number of hydrogen-bond acceptors (Lipinski definition) is 2. The molecule has 3 aromatic rings. The summed E-state index contributed by atoms with van der Waals surface area (Å²) >= 11 is 0. The summed E-state index contributed by atoms with van der Waals surface area (Å²) in [6.07, 6.45) is 0. The highest BCUT2D eigenvalue weighted by Crippen LogP contribution is 2.35. The average Bonchev–Trinajstić information content (AvgIpc) is 2.46. The molecule has 0 bridgehead atoms. The molecule has 0 spiro atoms. The van der Waals surface area contributed by atoms with E-state index in [4.69, 9.17) is 10.5 Å². The van der Waals surface area contributed by atoms with Crippen molar-refractivity contribution in [2.24, 2.45) is 0 Å². The standard InChI is InChI=1S/C18H12F3NO/c19-12-3-1-2-11(6-12)17-5-4-15(22)10-18(17)23-16-8-13(20)7-14(21)9-16/h1-10H,22H2. The molecule has 0 aliphatic rings. The van der Waals surface area contributed by atoms with Gasteiger partial charge in [0.2, 0.25) is 0 Å². The van der Waals surface area contributed by atoms with Crippen LogP contribution in [0.1, 0.15) is 0 Å². The van der Waals surface area contributed by atoms with Crippen LogP contribution in [-0.4, -0.2) is 0 Å². The van der Waals surface area contributed by atoms with Gasteiger partial charge in [-0.15, -0.1) is 0 Å². The lowest BCUT2D eigenvalue weighted by molar-refractivity contribution is 0.470. The van der Waals surface area contributed by atoms with Gasteiger partial charge >= 0.3 is 0 Å². The lowest BCUT2D eigenvalue weighted by Gasteiger charge is -2.12. The van der Waals surface area contributed by atoms with Crippen LogP contribution in [0.5, 0.6) is 11.5 Å². The van der Waals surface area contributed by atoms with E-state index in [1.807, 2.05) is 0 Å². The second kappa shape index (κ2) is 6.04. The fourth-order valence-electron chi connectivity index (χ4n) is 2.23. The van der Waals surface area contributed by atoms with Gasteiger partial charge < -0.3 is 10.5 Å². The highest BCUT2D eigenvalue weighted by molar-refractivity contribution is 5.73. The monoisotopic (exact) mass is 315 g/mol. The van der Waals surface area contributed by atoms with Crippen molar-refractivity contribution in [3.8, 4) is 22.6 Å². The zero-order valence-corrected chi connectivity index (χ0v) is 11.9. The quantitative estimate of drug-likeness (QED) is 0.679. The molecule has 0 heterocycles. The average molecular weight is 315 g/mol. The molecule has 0 aliphatic carbocycles. The van der Waals surface area contributed by atoms with Crippen LogP contribution < -0.4 is 10.5 Å². The normalized spacial score (nSPS) is 10.6. The smallest absolute Gasteiger partial charge is 0.137 e. The molecule has 0 aromatic heterocycles. The first-order valence-electron chi connectivity index (χ1n) is 6.81. The highest BCUT2D eigenvalue weighted by Gasteiger charge is 2.10. The molecule has 0 amide bonds. The SMILES string of the molecule is Nc1ccc(-c2cccc(F)c2)c(Oc2cc(F)cc(F)c2)c1. The van der Waals surface area contributed by atoms with Crippen molar-refractivity contribution < 1.29 is 17.9 Å². The molecule has 2 nitrogen and oxygen atoms in total. The highest BCUT2D eigenvalue weighted by atomic mass is 19.1. The first-order valence-corrected chi connectivity index (χ1v) is 6.81. The molecular weight excluding hydrogens is 303 g/mol. The molecule has 23 heavy (non-hydrogen) atoms. The third-order valence-corrected chi connectivity index (χ3v) is 3.21. The second-order valence-electron chi connectivity index (χ2n) is 4.97. The van der Waals surface area contributed by atoms with Crippen LogP contribution in [-0.2, 0) is 0 Å². The van der Waals surface area contributed by atoms with Crippen LogP contribution in [0.25, 0.3) is 11.1 Å². The predicted octanol–water partition coefficient (Wildman–Crippen LogP) is 5.15. The minimum absolute atomic E-state index is 0.00856. The van der Waals surface area contributed by atoms with Gasteiger partial charge in [0.1, 0.15) is 29.0 Å². The molecule has 2 N–H and O–H groups in total. The van der Waals surface area contributed by atoms with Gasteiger partial charge in [-0.25, -0.2) is 13.2 Å². The van der Waals surface area contributed by atoms with Crippen molar-refractivity contribution in [3.63, 3.8) is 0 Å². The Morgan fingerprint density at radius 3 is 2.17 bits per heavy atom. The van der Waals surface area contributed by atoms with E-state index in [2.05, 4.69) is 0 Å². The van der Waals surface area contributed by atoms with Gasteiger partial charge in [0.15, 0.2) is 0 Å². The summed E-state index contributed by atoms with van der Waals surface area (Å²) in [5.74, 6) is -1.64. The Balaban J connectivity index is 2.06. The number of hydrogen-bond donors (Lipinski definition) is 1. The zero-order valence-electron chi connectivity index (χ0n) is 11.9. The molecule has 5 heteroatoms. The van der Waals surface area contributed by atoms with Crippen LogP contribution >= 0.6 is 0 Å². The van der Waals surface area contributed by atoms with Crippen molar-refractivity contribution in [2.75, 3.05) is 5.73 Å². The number of anilines is 1. The van der Waals surface area contributed by atoms with Crippen LogP contribution in [0.15, 0.2) is 60.7 Å².